The first kappa shape index (κ1) is 24.6. The lowest BCUT2D eigenvalue weighted by Gasteiger charge is -2.10. The van der Waals surface area contributed by atoms with Crippen molar-refractivity contribution in [3.05, 3.63) is 140 Å². The highest BCUT2D eigenvalue weighted by Crippen LogP contribution is 2.41. The molecule has 4 aromatic heterocycles. The summed E-state index contributed by atoms with van der Waals surface area (Å²) in [6.45, 7) is 0. The SMILES string of the molecule is c1ccc(-c2cccc(-c3nc(-n4c5ccccc5c5cc6sc7ccccc7c6cc54)nc4c3oc3ccccc34)c2)cc1. The van der Waals surface area contributed by atoms with Gasteiger partial charge in [0.05, 0.1) is 11.0 Å². The number of thiophene rings is 1. The Morgan fingerprint density at radius 2 is 1.22 bits per heavy atom. The topological polar surface area (TPSA) is 43.9 Å². The number of hydrogen-bond donors (Lipinski definition) is 0. The second kappa shape index (κ2) is 9.36. The van der Waals surface area contributed by atoms with Gasteiger partial charge in [-0.1, -0.05) is 97.1 Å². The summed E-state index contributed by atoms with van der Waals surface area (Å²) in [5.41, 5.74) is 8.50. The van der Waals surface area contributed by atoms with Crippen LogP contribution in [0.2, 0.25) is 0 Å². The number of para-hydroxylation sites is 2. The second-order valence-electron chi connectivity index (χ2n) is 11.4. The number of nitrogens with zero attached hydrogens (tertiary/aromatic N) is 3. The highest BCUT2D eigenvalue weighted by molar-refractivity contribution is 7.25. The molecule has 0 aliphatic heterocycles. The summed E-state index contributed by atoms with van der Waals surface area (Å²) in [5, 5.41) is 5.87. The van der Waals surface area contributed by atoms with E-state index in [1.165, 1.54) is 30.9 Å². The standard InChI is InChI=1S/C40H23N3OS/c1-2-11-24(12-3-1)25-13-10-14-26(21-25)37-39-38(29-17-5-8-19-34(29)44-39)42-40(41-37)43-32-18-7-4-15-27(32)30-23-36-31(22-33(30)43)28-16-6-9-20-35(28)45-36/h1-23H. The number of fused-ring (bicyclic) bond motifs is 9. The Morgan fingerprint density at radius 1 is 0.489 bits per heavy atom. The van der Waals surface area contributed by atoms with Crippen molar-refractivity contribution in [2.75, 3.05) is 0 Å². The van der Waals surface area contributed by atoms with Gasteiger partial charge in [0.2, 0.25) is 5.95 Å². The van der Waals surface area contributed by atoms with E-state index in [-0.39, 0.29) is 0 Å². The Bertz CT molecular complexity index is 2770. The lowest BCUT2D eigenvalue weighted by molar-refractivity contribution is 0.666. The van der Waals surface area contributed by atoms with Crippen LogP contribution in [0.1, 0.15) is 0 Å². The normalized spacial score (nSPS) is 12.0. The van der Waals surface area contributed by atoms with E-state index in [4.69, 9.17) is 14.4 Å². The van der Waals surface area contributed by atoms with E-state index in [0.29, 0.717) is 11.5 Å². The Kier molecular flexibility index (Phi) is 5.12. The molecule has 6 aromatic carbocycles. The van der Waals surface area contributed by atoms with Crippen LogP contribution in [0.5, 0.6) is 0 Å². The molecule has 210 valence electrons. The first-order valence-electron chi connectivity index (χ1n) is 15.0. The van der Waals surface area contributed by atoms with Crippen LogP contribution in [-0.4, -0.2) is 14.5 Å². The summed E-state index contributed by atoms with van der Waals surface area (Å²) in [5.74, 6) is 0.624. The maximum Gasteiger partial charge on any atom is 0.236 e. The number of rotatable bonds is 3. The van der Waals surface area contributed by atoms with Crippen molar-refractivity contribution in [3.63, 3.8) is 0 Å². The van der Waals surface area contributed by atoms with Crippen LogP contribution in [0.4, 0.5) is 0 Å². The molecule has 10 rings (SSSR count). The van der Waals surface area contributed by atoms with E-state index in [1.807, 2.05) is 35.6 Å². The Balaban J connectivity index is 1.32. The molecule has 10 aromatic rings. The lowest BCUT2D eigenvalue weighted by Crippen LogP contribution is -2.03. The van der Waals surface area contributed by atoms with Crippen LogP contribution in [-0.2, 0) is 0 Å². The van der Waals surface area contributed by atoms with E-state index >= 15 is 0 Å². The van der Waals surface area contributed by atoms with E-state index in [0.717, 1.165) is 49.9 Å². The molecule has 0 saturated carbocycles. The molecule has 0 amide bonds. The van der Waals surface area contributed by atoms with Gasteiger partial charge in [-0.2, -0.15) is 0 Å². The van der Waals surface area contributed by atoms with Crippen LogP contribution >= 0.6 is 11.3 Å². The summed E-state index contributed by atoms with van der Waals surface area (Å²) in [7, 11) is 0. The van der Waals surface area contributed by atoms with Gasteiger partial charge in [0.1, 0.15) is 16.8 Å². The molecule has 0 radical (unpaired) electrons. The molecule has 0 spiro atoms. The number of benzene rings is 6. The van der Waals surface area contributed by atoms with Crippen molar-refractivity contribution in [1.82, 2.24) is 14.5 Å². The largest absolute Gasteiger partial charge is 0.452 e. The lowest BCUT2D eigenvalue weighted by atomic mass is 10.0. The van der Waals surface area contributed by atoms with Gasteiger partial charge in [-0.3, -0.25) is 4.57 Å². The molecule has 0 aliphatic rings. The first-order valence-corrected chi connectivity index (χ1v) is 15.8. The van der Waals surface area contributed by atoms with Gasteiger partial charge in [0, 0.05) is 41.9 Å². The Labute approximate surface area is 261 Å². The maximum absolute atomic E-state index is 6.49. The molecule has 0 bridgehead atoms. The summed E-state index contributed by atoms with van der Waals surface area (Å²) in [4.78, 5) is 10.6. The minimum absolute atomic E-state index is 0.624. The summed E-state index contributed by atoms with van der Waals surface area (Å²) in [6.07, 6.45) is 0. The van der Waals surface area contributed by atoms with Gasteiger partial charge in [-0.25, -0.2) is 9.97 Å². The van der Waals surface area contributed by atoms with Crippen LogP contribution < -0.4 is 0 Å². The smallest absolute Gasteiger partial charge is 0.236 e. The van der Waals surface area contributed by atoms with Gasteiger partial charge in [-0.05, 0) is 53.6 Å². The van der Waals surface area contributed by atoms with Gasteiger partial charge < -0.3 is 4.42 Å². The van der Waals surface area contributed by atoms with Crippen molar-refractivity contribution >= 4 is 75.4 Å². The number of furan rings is 1. The zero-order valence-corrected chi connectivity index (χ0v) is 24.8. The van der Waals surface area contributed by atoms with Gasteiger partial charge in [-0.15, -0.1) is 11.3 Å². The third-order valence-electron chi connectivity index (χ3n) is 8.82. The Morgan fingerprint density at radius 3 is 2.13 bits per heavy atom. The van der Waals surface area contributed by atoms with E-state index in [9.17, 15) is 0 Å². The van der Waals surface area contributed by atoms with Crippen molar-refractivity contribution in [2.45, 2.75) is 0 Å². The predicted octanol–water partition coefficient (Wildman–Crippen LogP) is 11.2. The van der Waals surface area contributed by atoms with E-state index in [1.54, 1.807) is 0 Å². The zero-order valence-electron chi connectivity index (χ0n) is 23.9. The van der Waals surface area contributed by atoms with Crippen LogP contribution in [0.25, 0.3) is 92.4 Å². The molecule has 0 N–H and O–H groups in total. The molecule has 0 aliphatic carbocycles. The molecule has 0 saturated heterocycles. The summed E-state index contributed by atoms with van der Waals surface area (Å²) >= 11 is 1.84. The molecule has 4 nitrogen and oxygen atoms in total. The van der Waals surface area contributed by atoms with Crippen molar-refractivity contribution in [1.29, 1.82) is 0 Å². The quantitative estimate of drug-likeness (QED) is 0.205. The Hall–Kier alpha value is -5.78. The number of aromatic nitrogens is 3. The van der Waals surface area contributed by atoms with E-state index < -0.39 is 0 Å². The van der Waals surface area contributed by atoms with Gasteiger partial charge >= 0.3 is 0 Å². The van der Waals surface area contributed by atoms with Crippen LogP contribution in [0.15, 0.2) is 144 Å². The predicted molar refractivity (Wildman–Crippen MR) is 187 cm³/mol. The molecule has 4 heterocycles. The fourth-order valence-corrected chi connectivity index (χ4v) is 7.88. The molecule has 0 fully saturated rings. The molecular weight excluding hydrogens is 571 g/mol. The fraction of sp³-hybridized carbons (Fsp3) is 0. The third-order valence-corrected chi connectivity index (χ3v) is 9.96. The molecular formula is C40H23N3OS. The third kappa shape index (κ3) is 3.65. The highest BCUT2D eigenvalue weighted by Gasteiger charge is 2.22. The number of hydrogen-bond acceptors (Lipinski definition) is 4. The zero-order chi connectivity index (χ0) is 29.5. The van der Waals surface area contributed by atoms with Crippen LogP contribution in [0, 0.1) is 0 Å². The average Bonchev–Trinajstić information content (AvgIpc) is 3.76. The fourth-order valence-electron chi connectivity index (χ4n) is 6.75. The highest BCUT2D eigenvalue weighted by atomic mass is 32.1. The first-order chi connectivity index (χ1) is 22.3. The van der Waals surface area contributed by atoms with E-state index in [2.05, 4.69) is 120 Å². The summed E-state index contributed by atoms with van der Waals surface area (Å²) < 4.78 is 11.3. The maximum atomic E-state index is 6.49. The average molecular weight is 594 g/mol. The van der Waals surface area contributed by atoms with Gasteiger partial charge in [0.25, 0.3) is 0 Å². The second-order valence-corrected chi connectivity index (χ2v) is 12.5. The van der Waals surface area contributed by atoms with Crippen LogP contribution in [0.3, 0.4) is 0 Å². The minimum Gasteiger partial charge on any atom is -0.452 e. The molecule has 0 unspecified atom stereocenters. The van der Waals surface area contributed by atoms with Gasteiger partial charge in [0.15, 0.2) is 5.58 Å². The molecule has 45 heavy (non-hydrogen) atoms. The summed E-state index contributed by atoms with van der Waals surface area (Å²) in [6, 6.07) is 48.9. The van der Waals surface area contributed by atoms with Crippen molar-refractivity contribution in [3.8, 4) is 28.3 Å². The minimum atomic E-state index is 0.624. The molecule has 0 atom stereocenters. The monoisotopic (exact) mass is 593 g/mol. The van der Waals surface area contributed by atoms with Crippen molar-refractivity contribution in [2.24, 2.45) is 0 Å². The molecule has 5 heteroatoms. The van der Waals surface area contributed by atoms with Crippen molar-refractivity contribution < 1.29 is 4.42 Å².